The Morgan fingerprint density at radius 2 is 1.55 bits per heavy atom. The van der Waals surface area contributed by atoms with Crippen LogP contribution in [0.2, 0.25) is 0 Å². The van der Waals surface area contributed by atoms with Crippen molar-refractivity contribution in [3.8, 4) is 28.5 Å². The number of carbonyl (C=O) groups is 2. The third-order valence-corrected chi connectivity index (χ3v) is 9.59. The molecule has 3 aromatic carbocycles. The molecule has 0 aliphatic carbocycles. The summed E-state index contributed by atoms with van der Waals surface area (Å²) in [6.45, 7) is 2.53. The summed E-state index contributed by atoms with van der Waals surface area (Å²) < 4.78 is 29.5. The quantitative estimate of drug-likeness (QED) is 0.172. The standard InChI is InChI=1S/C38H31N4O8P/c1-24-18-25-6-2-3-7-26(25)22-41(24)37(43)31-21-36-35(48-23-49-36)20-30(31)34-19-32(33-8-4-5-17-40(33)34)38(44)42(28-13-15-39-16-14-28)27-9-11-29(12-10-27)50-51(45,46)47/h2-17,19-21,24H,18,22-23H2,1H3,(H2,45,46,47)/t24-/m1/s1. The van der Waals surface area contributed by atoms with Crippen molar-refractivity contribution in [1.82, 2.24) is 14.3 Å². The second-order valence-electron chi connectivity index (χ2n) is 12.3. The Bertz CT molecular complexity index is 2360. The van der Waals surface area contributed by atoms with Gasteiger partial charge in [0.2, 0.25) is 6.79 Å². The Morgan fingerprint density at radius 3 is 2.29 bits per heavy atom. The molecule has 0 fully saturated rings. The lowest BCUT2D eigenvalue weighted by Gasteiger charge is -2.35. The minimum absolute atomic E-state index is 0.0252. The van der Waals surface area contributed by atoms with Gasteiger partial charge >= 0.3 is 7.82 Å². The van der Waals surface area contributed by atoms with Gasteiger partial charge in [-0.15, -0.1) is 0 Å². The monoisotopic (exact) mass is 702 g/mol. The lowest BCUT2D eigenvalue weighted by atomic mass is 9.93. The zero-order valence-corrected chi connectivity index (χ0v) is 28.1. The van der Waals surface area contributed by atoms with Crippen LogP contribution in [-0.4, -0.2) is 48.7 Å². The molecule has 1 atom stereocenters. The number of aromatic nitrogens is 2. The van der Waals surface area contributed by atoms with Crippen molar-refractivity contribution in [3.05, 3.63) is 138 Å². The third-order valence-electron chi connectivity index (χ3n) is 9.14. The lowest BCUT2D eigenvalue weighted by molar-refractivity contribution is 0.0658. The van der Waals surface area contributed by atoms with E-state index in [2.05, 4.69) is 11.1 Å². The van der Waals surface area contributed by atoms with Crippen LogP contribution < -0.4 is 18.9 Å². The van der Waals surface area contributed by atoms with E-state index in [-0.39, 0.29) is 24.5 Å². The maximum absolute atomic E-state index is 14.7. The van der Waals surface area contributed by atoms with Crippen LogP contribution in [-0.2, 0) is 17.5 Å². The number of rotatable bonds is 7. The molecule has 0 spiro atoms. The number of pyridine rings is 2. The normalized spacial score (nSPS) is 15.0. The van der Waals surface area contributed by atoms with E-state index >= 15 is 0 Å². The summed E-state index contributed by atoms with van der Waals surface area (Å²) in [4.78, 5) is 55.3. The first-order chi connectivity index (χ1) is 24.6. The number of nitrogens with zero attached hydrogens (tertiary/aromatic N) is 4. The Morgan fingerprint density at radius 1 is 0.863 bits per heavy atom. The lowest BCUT2D eigenvalue weighted by Crippen LogP contribution is -2.42. The van der Waals surface area contributed by atoms with Gasteiger partial charge in [-0.25, -0.2) is 4.57 Å². The Labute approximate surface area is 292 Å². The zero-order valence-electron chi connectivity index (χ0n) is 27.2. The van der Waals surface area contributed by atoms with E-state index in [4.69, 9.17) is 14.0 Å². The summed E-state index contributed by atoms with van der Waals surface area (Å²) in [5.41, 5.74) is 5.77. The number of carbonyl (C=O) groups excluding carboxylic acids is 2. The summed E-state index contributed by atoms with van der Waals surface area (Å²) in [6.07, 6.45) is 5.69. The molecule has 2 aliphatic rings. The second kappa shape index (κ2) is 12.7. The maximum atomic E-state index is 14.7. The molecule has 8 rings (SSSR count). The van der Waals surface area contributed by atoms with E-state index in [9.17, 15) is 23.9 Å². The first-order valence-electron chi connectivity index (χ1n) is 16.2. The van der Waals surface area contributed by atoms with Gasteiger partial charge < -0.3 is 23.3 Å². The molecule has 2 amide bonds. The first kappa shape index (κ1) is 32.3. The van der Waals surface area contributed by atoms with Gasteiger partial charge in [-0.1, -0.05) is 30.3 Å². The van der Waals surface area contributed by atoms with Crippen LogP contribution in [0.25, 0.3) is 16.8 Å². The van der Waals surface area contributed by atoms with E-state index in [0.29, 0.717) is 57.3 Å². The second-order valence-corrected chi connectivity index (χ2v) is 13.5. The van der Waals surface area contributed by atoms with Crippen LogP contribution in [0, 0.1) is 0 Å². The first-order valence-corrected chi connectivity index (χ1v) is 17.7. The number of anilines is 2. The zero-order chi connectivity index (χ0) is 35.3. The number of benzene rings is 3. The fourth-order valence-electron chi connectivity index (χ4n) is 6.76. The SMILES string of the molecule is C[C@@H]1Cc2ccccc2CN1C(=O)c1cc2c(cc1-c1cc(C(=O)N(c3ccncc3)c3ccc(OP(=O)(O)O)cc3)c3ccccn13)OCO2. The van der Waals surface area contributed by atoms with E-state index in [0.717, 1.165) is 12.0 Å². The fourth-order valence-corrected chi connectivity index (χ4v) is 7.15. The van der Waals surface area contributed by atoms with Gasteiger partial charge in [-0.2, -0.15) is 0 Å². The Balaban J connectivity index is 1.24. The van der Waals surface area contributed by atoms with Crippen LogP contribution in [0.15, 0.2) is 116 Å². The molecule has 0 unspecified atom stereocenters. The molecule has 0 saturated carbocycles. The van der Waals surface area contributed by atoms with Gasteiger partial charge in [0, 0.05) is 42.4 Å². The highest BCUT2D eigenvalue weighted by Crippen LogP contribution is 2.42. The topological polar surface area (TPSA) is 143 Å². The highest BCUT2D eigenvalue weighted by atomic mass is 31.2. The van der Waals surface area contributed by atoms with Crippen molar-refractivity contribution in [3.63, 3.8) is 0 Å². The van der Waals surface area contributed by atoms with E-state index in [1.807, 2.05) is 58.8 Å². The maximum Gasteiger partial charge on any atom is 0.524 e. The predicted molar refractivity (Wildman–Crippen MR) is 188 cm³/mol. The molecule has 12 nitrogen and oxygen atoms in total. The number of phosphoric ester groups is 1. The number of amides is 2. The Hall–Kier alpha value is -5.94. The smallest absolute Gasteiger partial charge is 0.454 e. The van der Waals surface area contributed by atoms with Crippen molar-refractivity contribution in [2.45, 2.75) is 25.9 Å². The van der Waals surface area contributed by atoms with Crippen molar-refractivity contribution in [2.75, 3.05) is 11.7 Å². The van der Waals surface area contributed by atoms with Gasteiger partial charge in [0.25, 0.3) is 11.8 Å². The third kappa shape index (κ3) is 6.10. The van der Waals surface area contributed by atoms with Gasteiger partial charge in [0.15, 0.2) is 11.5 Å². The van der Waals surface area contributed by atoms with E-state index < -0.39 is 13.7 Å². The molecule has 0 saturated heterocycles. The van der Waals surface area contributed by atoms with Crippen LogP contribution in [0.3, 0.4) is 0 Å². The van der Waals surface area contributed by atoms with Gasteiger partial charge in [0.1, 0.15) is 5.75 Å². The Kier molecular flexibility index (Phi) is 8.07. The van der Waals surface area contributed by atoms with Crippen LogP contribution in [0.4, 0.5) is 11.4 Å². The van der Waals surface area contributed by atoms with Crippen molar-refractivity contribution in [2.24, 2.45) is 0 Å². The van der Waals surface area contributed by atoms with Crippen LogP contribution in [0.1, 0.15) is 38.8 Å². The number of fused-ring (bicyclic) bond motifs is 3. The molecule has 13 heteroatoms. The largest absolute Gasteiger partial charge is 0.524 e. The van der Waals surface area contributed by atoms with Gasteiger partial charge in [0.05, 0.1) is 28.0 Å². The van der Waals surface area contributed by atoms with Crippen LogP contribution in [0.5, 0.6) is 17.2 Å². The molecule has 0 radical (unpaired) electrons. The molecule has 0 bridgehead atoms. The minimum atomic E-state index is -4.78. The highest BCUT2D eigenvalue weighted by Gasteiger charge is 2.33. The molecule has 6 aromatic rings. The van der Waals surface area contributed by atoms with Crippen LogP contribution >= 0.6 is 7.82 Å². The number of phosphoric acid groups is 1. The van der Waals surface area contributed by atoms with Gasteiger partial charge in [-0.05, 0) is 91.2 Å². The summed E-state index contributed by atoms with van der Waals surface area (Å²) in [5, 5.41) is 0. The predicted octanol–water partition coefficient (Wildman–Crippen LogP) is 6.77. The van der Waals surface area contributed by atoms with Crippen molar-refractivity contribution < 1.29 is 37.9 Å². The molecule has 2 N–H and O–H groups in total. The minimum Gasteiger partial charge on any atom is -0.454 e. The van der Waals surface area contributed by atoms with Crippen molar-refractivity contribution >= 4 is 36.5 Å². The molecule has 51 heavy (non-hydrogen) atoms. The average Bonchev–Trinajstić information content (AvgIpc) is 3.76. The van der Waals surface area contributed by atoms with E-state index in [1.165, 1.54) is 34.7 Å². The number of hydrogen-bond donors (Lipinski definition) is 2. The van der Waals surface area contributed by atoms with Crippen molar-refractivity contribution in [1.29, 1.82) is 0 Å². The summed E-state index contributed by atoms with van der Waals surface area (Å²) in [7, 11) is -4.78. The van der Waals surface area contributed by atoms with E-state index in [1.54, 1.807) is 42.7 Å². The summed E-state index contributed by atoms with van der Waals surface area (Å²) >= 11 is 0. The summed E-state index contributed by atoms with van der Waals surface area (Å²) in [6, 6.07) is 28.1. The molecular formula is C38H31N4O8P. The number of ether oxygens (including phenoxy) is 2. The molecule has 256 valence electrons. The fraction of sp³-hybridized carbons (Fsp3) is 0.132. The summed E-state index contributed by atoms with van der Waals surface area (Å²) in [5.74, 6) is 0.347. The highest BCUT2D eigenvalue weighted by molar-refractivity contribution is 7.46. The molecule has 3 aromatic heterocycles. The molecular weight excluding hydrogens is 671 g/mol. The van der Waals surface area contributed by atoms with Gasteiger partial charge in [-0.3, -0.25) is 29.3 Å². The average molecular weight is 703 g/mol. The molecule has 5 heterocycles. The molecule has 2 aliphatic heterocycles. The number of hydrogen-bond acceptors (Lipinski definition) is 7.